The van der Waals surface area contributed by atoms with Crippen LogP contribution in [0.3, 0.4) is 0 Å². The topological polar surface area (TPSA) is 195 Å². The number of hydrazone groups is 1. The normalized spacial score (nSPS) is 17.7. The van der Waals surface area contributed by atoms with Crippen molar-refractivity contribution in [3.8, 4) is 28.1 Å². The fourth-order valence-corrected chi connectivity index (χ4v) is 6.50. The summed E-state index contributed by atoms with van der Waals surface area (Å²) in [5.41, 5.74) is 1.84. The highest BCUT2D eigenvalue weighted by Crippen LogP contribution is 2.42. The van der Waals surface area contributed by atoms with Gasteiger partial charge in [-0.2, -0.15) is 26.3 Å². The van der Waals surface area contributed by atoms with Gasteiger partial charge in [0.1, 0.15) is 6.10 Å². The van der Waals surface area contributed by atoms with Crippen molar-refractivity contribution in [1.29, 1.82) is 0 Å². The quantitative estimate of drug-likeness (QED) is 0.0620. The number of aromatic nitrogens is 3. The third kappa shape index (κ3) is 8.63. The first-order valence-corrected chi connectivity index (χ1v) is 17.2. The van der Waals surface area contributed by atoms with E-state index in [0.717, 1.165) is 0 Å². The number of guanidine groups is 1. The van der Waals surface area contributed by atoms with E-state index in [9.17, 15) is 35.9 Å². The van der Waals surface area contributed by atoms with Gasteiger partial charge in [0.2, 0.25) is 17.8 Å². The molecule has 2 amide bonds. The number of cyclic esters (lactones) is 1. The molecule has 0 radical (unpaired) electrons. The molecule has 0 bridgehead atoms. The molecule has 2 atom stereocenters. The second kappa shape index (κ2) is 16.1. The number of carbonyl (C=O) groups is 2. The first-order valence-electron chi connectivity index (χ1n) is 17.2. The molecule has 6 N–H and O–H groups in total. The van der Waals surface area contributed by atoms with Gasteiger partial charge in [0.25, 0.3) is 5.91 Å². The zero-order chi connectivity index (χ0) is 41.2. The number of alkyl halides is 6. The lowest BCUT2D eigenvalue weighted by atomic mass is 9.96. The Bertz CT molecular complexity index is 2160. The summed E-state index contributed by atoms with van der Waals surface area (Å²) in [5, 5.41) is 5.77. The van der Waals surface area contributed by atoms with Gasteiger partial charge < -0.3 is 25.0 Å². The molecule has 2 saturated heterocycles. The number of nitrogens with zero attached hydrogens (tertiary/aromatic N) is 6. The van der Waals surface area contributed by atoms with E-state index in [2.05, 4.69) is 25.8 Å². The lowest BCUT2D eigenvalue weighted by Crippen LogP contribution is -2.45. The molecule has 4 heterocycles. The second-order valence-electron chi connectivity index (χ2n) is 13.0. The molecule has 57 heavy (non-hydrogen) atoms. The van der Waals surface area contributed by atoms with Crippen molar-refractivity contribution in [1.82, 2.24) is 30.6 Å². The number of morpholine rings is 1. The van der Waals surface area contributed by atoms with Crippen LogP contribution in [0.15, 0.2) is 60.0 Å². The van der Waals surface area contributed by atoms with Gasteiger partial charge in [-0.1, -0.05) is 6.07 Å². The Labute approximate surface area is 321 Å². The number of aryl methyl sites for hydroxylation is 1. The van der Waals surface area contributed by atoms with E-state index in [1.165, 1.54) is 25.1 Å². The zero-order valence-electron chi connectivity index (χ0n) is 30.5. The zero-order valence-corrected chi connectivity index (χ0v) is 30.5. The van der Waals surface area contributed by atoms with Crippen molar-refractivity contribution < 1.29 is 50.1 Å². The molecule has 0 spiro atoms. The van der Waals surface area contributed by atoms with Crippen molar-refractivity contribution in [2.75, 3.05) is 38.3 Å². The van der Waals surface area contributed by atoms with Crippen LogP contribution in [0.4, 0.5) is 37.1 Å². The van der Waals surface area contributed by atoms with Gasteiger partial charge in [0.05, 0.1) is 49.7 Å². The molecule has 2 fully saturated rings. The van der Waals surface area contributed by atoms with Gasteiger partial charge in [0, 0.05) is 47.7 Å². The number of amides is 2. The smallest absolute Gasteiger partial charge is 0.416 e. The Morgan fingerprint density at radius 2 is 1.67 bits per heavy atom. The van der Waals surface area contributed by atoms with Crippen LogP contribution in [0.2, 0.25) is 0 Å². The van der Waals surface area contributed by atoms with Crippen LogP contribution in [0.5, 0.6) is 5.88 Å². The summed E-state index contributed by atoms with van der Waals surface area (Å²) in [6, 6.07) is 6.70. The molecule has 0 saturated carbocycles. The van der Waals surface area contributed by atoms with Crippen LogP contribution < -0.4 is 32.1 Å². The fraction of sp³-hybridized carbons (Fsp3) is 0.333. The van der Waals surface area contributed by atoms with Crippen LogP contribution in [0.25, 0.3) is 22.3 Å². The first-order chi connectivity index (χ1) is 27.0. The summed E-state index contributed by atoms with van der Waals surface area (Å²) in [6.45, 7) is 4.66. The Balaban J connectivity index is 1.39. The summed E-state index contributed by atoms with van der Waals surface area (Å²) < 4.78 is 99.0. The summed E-state index contributed by atoms with van der Waals surface area (Å²) in [4.78, 5) is 43.1. The van der Waals surface area contributed by atoms with Gasteiger partial charge in [0.15, 0.2) is 0 Å². The second-order valence-corrected chi connectivity index (χ2v) is 13.0. The number of rotatable bonds is 8. The number of benzene rings is 2. The Morgan fingerprint density at radius 3 is 2.26 bits per heavy atom. The molecule has 302 valence electrons. The maximum Gasteiger partial charge on any atom is 0.416 e. The van der Waals surface area contributed by atoms with E-state index < -0.39 is 53.2 Å². The summed E-state index contributed by atoms with van der Waals surface area (Å²) in [7, 11) is 1.40. The molecule has 21 heteroatoms. The minimum atomic E-state index is -5.10. The highest BCUT2D eigenvalue weighted by atomic mass is 19.4. The Kier molecular flexibility index (Phi) is 11.4. The van der Waals surface area contributed by atoms with E-state index in [0.29, 0.717) is 72.2 Å². The minimum Gasteiger partial charge on any atom is -0.481 e. The van der Waals surface area contributed by atoms with E-state index in [1.807, 2.05) is 4.90 Å². The number of carbonyl (C=O) groups excluding carboxylic acids is 2. The number of hydrogen-bond acceptors (Lipinski definition) is 12. The molecular formula is C36H36F6N10O5. The lowest BCUT2D eigenvalue weighted by molar-refractivity contribution is -0.143. The van der Waals surface area contributed by atoms with Gasteiger partial charge in [-0.25, -0.2) is 25.6 Å². The van der Waals surface area contributed by atoms with E-state index in [1.54, 1.807) is 37.4 Å². The summed E-state index contributed by atoms with van der Waals surface area (Å²) in [5.74, 6) is 10.3. The van der Waals surface area contributed by atoms with Crippen LogP contribution in [-0.4, -0.2) is 77.3 Å². The number of pyridine rings is 1. The number of ether oxygens (including phenoxy) is 3. The molecule has 2 aromatic carbocycles. The molecule has 2 aromatic heterocycles. The van der Waals surface area contributed by atoms with Crippen LogP contribution >= 0.6 is 0 Å². The van der Waals surface area contributed by atoms with Crippen molar-refractivity contribution in [3.05, 3.63) is 88.4 Å². The van der Waals surface area contributed by atoms with Gasteiger partial charge in [-0.3, -0.25) is 20.4 Å². The maximum absolute atomic E-state index is 13.7. The van der Waals surface area contributed by atoms with Crippen molar-refractivity contribution in [3.63, 3.8) is 0 Å². The number of anilines is 1. The molecule has 2 aliphatic heterocycles. The molecule has 0 unspecified atom stereocenters. The van der Waals surface area contributed by atoms with Gasteiger partial charge in [-0.15, -0.1) is 5.10 Å². The molecule has 0 aliphatic carbocycles. The van der Waals surface area contributed by atoms with Gasteiger partial charge >= 0.3 is 18.4 Å². The Hall–Kier alpha value is -6.22. The predicted octanol–water partition coefficient (Wildman–Crippen LogP) is 4.90. The van der Waals surface area contributed by atoms with Crippen LogP contribution in [-0.2, 0) is 28.4 Å². The number of halogens is 6. The lowest BCUT2D eigenvalue weighted by Gasteiger charge is -2.28. The molecule has 4 aromatic rings. The maximum atomic E-state index is 13.7. The number of nitrogens with one attached hydrogen (secondary N) is 2. The molecule has 6 rings (SSSR count). The van der Waals surface area contributed by atoms with Gasteiger partial charge in [-0.05, 0) is 66.9 Å². The third-order valence-corrected chi connectivity index (χ3v) is 9.43. The van der Waals surface area contributed by atoms with Crippen LogP contribution in [0.1, 0.15) is 51.3 Å². The summed E-state index contributed by atoms with van der Waals surface area (Å²) in [6.07, 6.45) is -9.60. The summed E-state index contributed by atoms with van der Waals surface area (Å²) >= 11 is 0. The third-order valence-electron chi connectivity index (χ3n) is 9.43. The van der Waals surface area contributed by atoms with Crippen molar-refractivity contribution in [2.45, 2.75) is 44.9 Å². The molecular weight excluding hydrogens is 766 g/mol. The first kappa shape index (κ1) is 40.4. The number of methoxy groups -OCH3 is 1. The van der Waals surface area contributed by atoms with E-state index in [-0.39, 0.29) is 35.7 Å². The monoisotopic (exact) mass is 802 g/mol. The standard InChI is InChI=1S/C36H36F6N10O5/c1-18-10-20(30(53)48-32(49-43)50-44)4-5-25(18)22-13-26(31(55-3)45-15-22)27-16-46-33(51-6-8-56-9-7-51)47-28(27)17-52-19(2)29(57-34(52)54)21-11-23(35(37,38)39)14-24(12-21)36(40,41)42/h4-5,10-16,19,29H,6-9,17,43-44H2,1-3H3,(H2,48,49,50,53)/t19-,29-/m0/s1. The predicted molar refractivity (Wildman–Crippen MR) is 192 cm³/mol. The average Bonchev–Trinajstić information content (AvgIpc) is 3.47. The van der Waals surface area contributed by atoms with E-state index in [4.69, 9.17) is 30.9 Å². The van der Waals surface area contributed by atoms with Crippen molar-refractivity contribution >= 4 is 23.9 Å². The largest absolute Gasteiger partial charge is 0.481 e. The fourth-order valence-electron chi connectivity index (χ4n) is 6.50. The minimum absolute atomic E-state index is 0.0133. The highest BCUT2D eigenvalue weighted by molar-refractivity contribution is 6.05. The molecule has 2 aliphatic rings. The van der Waals surface area contributed by atoms with Crippen LogP contribution in [0, 0.1) is 6.92 Å². The van der Waals surface area contributed by atoms with Crippen molar-refractivity contribution in [2.24, 2.45) is 16.8 Å². The number of hydrazine groups is 1. The molecule has 15 nitrogen and oxygen atoms in total. The average molecular weight is 803 g/mol. The Morgan fingerprint density at radius 1 is 0.982 bits per heavy atom. The highest BCUT2D eigenvalue weighted by Gasteiger charge is 2.44. The van der Waals surface area contributed by atoms with E-state index >= 15 is 0 Å². The number of hydrogen-bond donors (Lipinski definition) is 4. The number of nitrogens with two attached hydrogens (primary N) is 2. The SMILES string of the molecule is COc1ncc(-c2ccc(C(=O)N/C(=N/N)NN)cc2C)cc1-c1cnc(N2CCOCC2)nc1CN1C(=O)O[C@H](c2cc(C(F)(F)F)cc(C(F)(F)F)c2)[C@@H]1C.